The molecular weight excluding hydrogens is 272 g/mol. The number of aliphatic carboxylic acids is 1. The van der Waals surface area contributed by atoms with Gasteiger partial charge in [0.25, 0.3) is 5.91 Å². The van der Waals surface area contributed by atoms with Crippen LogP contribution in [0.3, 0.4) is 0 Å². The lowest BCUT2D eigenvalue weighted by atomic mass is 10.3. The van der Waals surface area contributed by atoms with Gasteiger partial charge < -0.3 is 20.5 Å². The third kappa shape index (κ3) is 5.06. The minimum atomic E-state index is -1.16. The van der Waals surface area contributed by atoms with E-state index < -0.39 is 18.0 Å². The topological polar surface area (TPSA) is 105 Å². The maximum Gasteiger partial charge on any atom is 0.334 e. The van der Waals surface area contributed by atoms with Gasteiger partial charge in [-0.2, -0.15) is 0 Å². The van der Waals surface area contributed by atoms with Gasteiger partial charge in [0, 0.05) is 7.11 Å². The molecule has 0 saturated heterocycles. The lowest BCUT2D eigenvalue weighted by molar-refractivity contribution is -0.148. The number of carboxylic acids is 1. The van der Waals surface area contributed by atoms with Crippen LogP contribution < -0.4 is 10.6 Å². The summed E-state index contributed by atoms with van der Waals surface area (Å²) in [5, 5.41) is 15.2. The van der Waals surface area contributed by atoms with Gasteiger partial charge >= 0.3 is 5.97 Å². The molecule has 1 atom stereocenters. The van der Waals surface area contributed by atoms with E-state index in [0.29, 0.717) is 4.88 Å². The lowest BCUT2D eigenvalue weighted by Gasteiger charge is -2.11. The Bertz CT molecular complexity index is 446. The minimum Gasteiger partial charge on any atom is -0.479 e. The summed E-state index contributed by atoms with van der Waals surface area (Å²) >= 11 is 1.27. The first-order valence-electron chi connectivity index (χ1n) is 5.38. The number of thiophene rings is 1. The summed E-state index contributed by atoms with van der Waals surface area (Å²) in [6.07, 6.45) is -1.10. The number of amides is 2. The van der Waals surface area contributed by atoms with Crippen LogP contribution in [0.1, 0.15) is 9.67 Å². The Labute approximate surface area is 113 Å². The fourth-order valence-electron chi connectivity index (χ4n) is 1.20. The van der Waals surface area contributed by atoms with E-state index in [1.807, 2.05) is 0 Å². The molecule has 1 unspecified atom stereocenters. The summed E-state index contributed by atoms with van der Waals surface area (Å²) in [5.41, 5.74) is 0. The Morgan fingerprint density at radius 1 is 1.42 bits per heavy atom. The predicted molar refractivity (Wildman–Crippen MR) is 68.1 cm³/mol. The van der Waals surface area contributed by atoms with Crippen molar-refractivity contribution in [2.75, 3.05) is 20.2 Å². The van der Waals surface area contributed by atoms with Crippen LogP contribution in [0, 0.1) is 0 Å². The largest absolute Gasteiger partial charge is 0.479 e. The molecule has 1 heterocycles. The van der Waals surface area contributed by atoms with Crippen LogP contribution in [0.15, 0.2) is 17.5 Å². The molecule has 0 aliphatic carbocycles. The Kier molecular flexibility index (Phi) is 5.97. The third-order valence-electron chi connectivity index (χ3n) is 2.20. The second-order valence-corrected chi connectivity index (χ2v) is 4.47. The zero-order chi connectivity index (χ0) is 14.3. The molecule has 0 aliphatic rings. The van der Waals surface area contributed by atoms with Crippen molar-refractivity contribution < 1.29 is 24.2 Å². The van der Waals surface area contributed by atoms with Crippen LogP contribution >= 0.6 is 11.3 Å². The van der Waals surface area contributed by atoms with E-state index in [9.17, 15) is 14.4 Å². The monoisotopic (exact) mass is 286 g/mol. The second-order valence-electron chi connectivity index (χ2n) is 3.53. The second kappa shape index (κ2) is 7.49. The Morgan fingerprint density at radius 3 is 2.68 bits per heavy atom. The van der Waals surface area contributed by atoms with Gasteiger partial charge in [-0.3, -0.25) is 9.59 Å². The first-order chi connectivity index (χ1) is 9.04. The summed E-state index contributed by atoms with van der Waals surface area (Å²) in [5.74, 6) is -1.98. The molecule has 104 valence electrons. The first-order valence-corrected chi connectivity index (χ1v) is 6.26. The van der Waals surface area contributed by atoms with Gasteiger partial charge in [0.05, 0.1) is 18.0 Å². The van der Waals surface area contributed by atoms with E-state index in [-0.39, 0.29) is 19.0 Å². The van der Waals surface area contributed by atoms with Gasteiger partial charge in [-0.05, 0) is 11.4 Å². The number of nitrogens with one attached hydrogen (secondary N) is 2. The van der Waals surface area contributed by atoms with E-state index >= 15 is 0 Å². The molecule has 0 radical (unpaired) electrons. The molecule has 8 heteroatoms. The number of methoxy groups -OCH3 is 1. The molecule has 0 spiro atoms. The number of hydrogen-bond acceptors (Lipinski definition) is 5. The van der Waals surface area contributed by atoms with Crippen molar-refractivity contribution in [1.29, 1.82) is 0 Å². The van der Waals surface area contributed by atoms with Crippen molar-refractivity contribution in [1.82, 2.24) is 10.6 Å². The predicted octanol–water partition coefficient (Wildman–Crippen LogP) is -0.306. The van der Waals surface area contributed by atoms with Crippen molar-refractivity contribution in [2.45, 2.75) is 6.10 Å². The Morgan fingerprint density at radius 2 is 2.16 bits per heavy atom. The van der Waals surface area contributed by atoms with Crippen molar-refractivity contribution in [3.05, 3.63) is 22.4 Å². The summed E-state index contributed by atoms with van der Waals surface area (Å²) in [6, 6.07) is 3.37. The maximum atomic E-state index is 11.5. The van der Waals surface area contributed by atoms with Crippen molar-refractivity contribution >= 4 is 29.1 Å². The standard InChI is InChI=1S/C11H14N2O5S/c1-18-7(11(16)17)5-12-9(14)6-13-10(15)8-3-2-4-19-8/h2-4,7H,5-6H2,1H3,(H,12,14)(H,13,15)(H,16,17). The summed E-state index contributed by atoms with van der Waals surface area (Å²) < 4.78 is 4.65. The highest BCUT2D eigenvalue weighted by Crippen LogP contribution is 2.07. The normalized spacial score (nSPS) is 11.6. The SMILES string of the molecule is COC(CNC(=O)CNC(=O)c1cccs1)C(=O)O. The van der Waals surface area contributed by atoms with E-state index in [2.05, 4.69) is 15.4 Å². The summed E-state index contributed by atoms with van der Waals surface area (Å²) in [6.45, 7) is -0.369. The molecule has 1 aromatic heterocycles. The lowest BCUT2D eigenvalue weighted by Crippen LogP contribution is -2.42. The van der Waals surface area contributed by atoms with Gasteiger partial charge in [-0.15, -0.1) is 11.3 Å². The van der Waals surface area contributed by atoms with Gasteiger partial charge in [0.1, 0.15) is 0 Å². The van der Waals surface area contributed by atoms with Crippen LogP contribution in [0.25, 0.3) is 0 Å². The number of carbonyl (C=O) groups is 3. The van der Waals surface area contributed by atoms with Gasteiger partial charge in [-0.1, -0.05) is 6.07 Å². The fraction of sp³-hybridized carbons (Fsp3) is 0.364. The highest BCUT2D eigenvalue weighted by molar-refractivity contribution is 7.12. The molecule has 1 aromatic rings. The smallest absolute Gasteiger partial charge is 0.334 e. The molecule has 3 N–H and O–H groups in total. The third-order valence-corrected chi connectivity index (χ3v) is 3.07. The number of ether oxygens (including phenoxy) is 1. The number of carbonyl (C=O) groups excluding carboxylic acids is 2. The van der Waals surface area contributed by atoms with E-state index in [1.54, 1.807) is 17.5 Å². The molecule has 0 aliphatic heterocycles. The zero-order valence-electron chi connectivity index (χ0n) is 10.2. The highest BCUT2D eigenvalue weighted by atomic mass is 32.1. The first kappa shape index (κ1) is 15.1. The molecular formula is C11H14N2O5S. The van der Waals surface area contributed by atoms with E-state index in [1.165, 1.54) is 18.4 Å². The van der Waals surface area contributed by atoms with E-state index in [0.717, 1.165) is 0 Å². The summed E-state index contributed by atoms with van der Waals surface area (Å²) in [4.78, 5) is 34.0. The number of carboxylic acid groups (broad SMARTS) is 1. The zero-order valence-corrected chi connectivity index (χ0v) is 11.0. The molecule has 0 fully saturated rings. The quantitative estimate of drug-likeness (QED) is 0.638. The van der Waals surface area contributed by atoms with Crippen molar-refractivity contribution in [2.24, 2.45) is 0 Å². The van der Waals surface area contributed by atoms with Gasteiger partial charge in [-0.25, -0.2) is 4.79 Å². The van der Waals surface area contributed by atoms with Crippen LogP contribution in [0.4, 0.5) is 0 Å². The molecule has 1 rings (SSSR count). The maximum absolute atomic E-state index is 11.5. The van der Waals surface area contributed by atoms with Crippen LogP contribution in [0.5, 0.6) is 0 Å². The van der Waals surface area contributed by atoms with Gasteiger partial charge in [0.2, 0.25) is 5.91 Å². The molecule has 0 bridgehead atoms. The minimum absolute atomic E-state index is 0.153. The number of rotatable bonds is 7. The highest BCUT2D eigenvalue weighted by Gasteiger charge is 2.17. The number of hydrogen-bond donors (Lipinski definition) is 3. The average Bonchev–Trinajstić information content (AvgIpc) is 2.90. The molecule has 0 saturated carbocycles. The van der Waals surface area contributed by atoms with Crippen LogP contribution in [0.2, 0.25) is 0 Å². The van der Waals surface area contributed by atoms with Gasteiger partial charge in [0.15, 0.2) is 6.10 Å². The molecule has 2 amide bonds. The van der Waals surface area contributed by atoms with Crippen LogP contribution in [-0.4, -0.2) is 49.2 Å². The fourth-order valence-corrected chi connectivity index (χ4v) is 1.84. The Hall–Kier alpha value is -1.93. The molecule has 19 heavy (non-hydrogen) atoms. The molecule has 0 aromatic carbocycles. The Balaban J connectivity index is 2.28. The van der Waals surface area contributed by atoms with Crippen molar-refractivity contribution in [3.63, 3.8) is 0 Å². The van der Waals surface area contributed by atoms with Crippen molar-refractivity contribution in [3.8, 4) is 0 Å². The molecule has 7 nitrogen and oxygen atoms in total. The van der Waals surface area contributed by atoms with E-state index in [4.69, 9.17) is 5.11 Å². The average molecular weight is 286 g/mol. The van der Waals surface area contributed by atoms with Crippen LogP contribution in [-0.2, 0) is 14.3 Å². The summed E-state index contributed by atoms with van der Waals surface area (Å²) in [7, 11) is 1.24.